The Labute approximate surface area is 177 Å². The summed E-state index contributed by atoms with van der Waals surface area (Å²) in [6.45, 7) is 4.77. The molecule has 3 aromatic rings. The molecule has 4 rings (SSSR count). The standard InChI is InChI=1S/C26H29FN2O/c1-3-5-19(7-4-6-18(2)30)16-29-17-22-9-8-21(15-26(22)28-29)24-12-10-20-14-23(27)11-13-25(20)24/h8-9,11-15,17,19H,3-7,10,16H2,1-2H3. The largest absolute Gasteiger partial charge is 0.300 e. The number of rotatable bonds is 9. The van der Waals surface area contributed by atoms with Crippen LogP contribution in [0, 0.1) is 11.7 Å². The summed E-state index contributed by atoms with van der Waals surface area (Å²) in [5, 5.41) is 5.98. The maximum absolute atomic E-state index is 13.5. The van der Waals surface area contributed by atoms with Crippen molar-refractivity contribution in [3.8, 4) is 0 Å². The van der Waals surface area contributed by atoms with Gasteiger partial charge in [-0.25, -0.2) is 4.39 Å². The number of halogens is 1. The lowest BCUT2D eigenvalue weighted by molar-refractivity contribution is -0.117. The van der Waals surface area contributed by atoms with Crippen molar-refractivity contribution < 1.29 is 9.18 Å². The maximum Gasteiger partial charge on any atom is 0.129 e. The van der Waals surface area contributed by atoms with Crippen LogP contribution >= 0.6 is 0 Å². The smallest absolute Gasteiger partial charge is 0.129 e. The first-order valence-corrected chi connectivity index (χ1v) is 11.0. The van der Waals surface area contributed by atoms with E-state index in [1.165, 1.54) is 6.07 Å². The van der Waals surface area contributed by atoms with E-state index < -0.39 is 0 Å². The van der Waals surface area contributed by atoms with Crippen molar-refractivity contribution in [2.45, 2.75) is 58.9 Å². The molecule has 156 valence electrons. The zero-order valence-electron chi connectivity index (χ0n) is 17.8. The topological polar surface area (TPSA) is 34.9 Å². The highest BCUT2D eigenvalue weighted by atomic mass is 19.1. The maximum atomic E-state index is 13.5. The van der Waals surface area contributed by atoms with E-state index in [9.17, 15) is 9.18 Å². The minimum atomic E-state index is -0.178. The molecule has 0 amide bonds. The molecule has 1 atom stereocenters. The minimum Gasteiger partial charge on any atom is -0.300 e. The van der Waals surface area contributed by atoms with Gasteiger partial charge in [-0.15, -0.1) is 0 Å². The zero-order chi connectivity index (χ0) is 21.1. The van der Waals surface area contributed by atoms with Gasteiger partial charge in [-0.3, -0.25) is 4.68 Å². The molecule has 0 radical (unpaired) electrons. The molecule has 30 heavy (non-hydrogen) atoms. The molecule has 0 spiro atoms. The van der Waals surface area contributed by atoms with E-state index in [0.717, 1.165) is 71.8 Å². The number of ketones is 1. The number of carbonyl (C=O) groups excluding carboxylic acids is 1. The van der Waals surface area contributed by atoms with Crippen LogP contribution in [0.15, 0.2) is 48.7 Å². The van der Waals surface area contributed by atoms with E-state index >= 15 is 0 Å². The number of hydrogen-bond acceptors (Lipinski definition) is 2. The fourth-order valence-electron chi connectivity index (χ4n) is 4.56. The predicted octanol–water partition coefficient (Wildman–Crippen LogP) is 6.34. The second kappa shape index (κ2) is 8.95. The number of Topliss-reactive ketones (excluding diaryl/α,β-unsaturated/α-hetero) is 1. The van der Waals surface area contributed by atoms with Crippen molar-refractivity contribution >= 4 is 22.3 Å². The Bertz CT molecular complexity index is 1100. The van der Waals surface area contributed by atoms with Crippen LogP contribution in [-0.4, -0.2) is 15.6 Å². The van der Waals surface area contributed by atoms with Crippen LogP contribution in [0.3, 0.4) is 0 Å². The molecule has 1 unspecified atom stereocenters. The van der Waals surface area contributed by atoms with Gasteiger partial charge in [-0.05, 0) is 79.0 Å². The van der Waals surface area contributed by atoms with Gasteiger partial charge in [0.15, 0.2) is 0 Å². The average Bonchev–Trinajstić information content (AvgIpc) is 3.30. The normalized spacial score (nSPS) is 14.0. The molecule has 2 aromatic carbocycles. The van der Waals surface area contributed by atoms with E-state index in [1.54, 1.807) is 13.0 Å². The van der Waals surface area contributed by atoms with Crippen LogP contribution in [0.4, 0.5) is 4.39 Å². The van der Waals surface area contributed by atoms with Crippen molar-refractivity contribution in [2.75, 3.05) is 0 Å². The van der Waals surface area contributed by atoms with Gasteiger partial charge in [-0.2, -0.15) is 5.10 Å². The van der Waals surface area contributed by atoms with Crippen LogP contribution in [0.1, 0.15) is 62.6 Å². The van der Waals surface area contributed by atoms with Gasteiger partial charge in [-0.1, -0.05) is 37.6 Å². The average molecular weight is 405 g/mol. The molecule has 3 nitrogen and oxygen atoms in total. The molecule has 0 fully saturated rings. The second-order valence-electron chi connectivity index (χ2n) is 8.50. The molecule has 0 N–H and O–H groups in total. The molecule has 0 aliphatic heterocycles. The Balaban J connectivity index is 1.52. The first kappa shape index (κ1) is 20.5. The highest BCUT2D eigenvalue weighted by Crippen LogP contribution is 2.34. The van der Waals surface area contributed by atoms with E-state index in [0.29, 0.717) is 12.3 Å². The summed E-state index contributed by atoms with van der Waals surface area (Å²) < 4.78 is 15.6. The molecule has 4 heteroatoms. The predicted molar refractivity (Wildman–Crippen MR) is 120 cm³/mol. The highest BCUT2D eigenvalue weighted by molar-refractivity contribution is 5.89. The molecule has 1 heterocycles. The molecule has 1 aliphatic rings. The second-order valence-corrected chi connectivity index (χ2v) is 8.50. The van der Waals surface area contributed by atoms with Crippen LogP contribution < -0.4 is 0 Å². The van der Waals surface area contributed by atoms with Gasteiger partial charge in [0.1, 0.15) is 11.6 Å². The van der Waals surface area contributed by atoms with Crippen LogP contribution in [0.2, 0.25) is 0 Å². The minimum absolute atomic E-state index is 0.178. The third-order valence-corrected chi connectivity index (χ3v) is 6.03. The van der Waals surface area contributed by atoms with Gasteiger partial charge in [0.05, 0.1) is 5.52 Å². The summed E-state index contributed by atoms with van der Waals surface area (Å²) in [4.78, 5) is 11.3. The van der Waals surface area contributed by atoms with Gasteiger partial charge in [0.25, 0.3) is 0 Å². The number of benzene rings is 2. The SMILES string of the molecule is CCCC(CCCC(C)=O)Cn1cc2ccc(C3=CCc4cc(F)ccc43)cc2n1. The molecule has 0 saturated heterocycles. The van der Waals surface area contributed by atoms with E-state index in [4.69, 9.17) is 5.10 Å². The van der Waals surface area contributed by atoms with Crippen molar-refractivity contribution in [3.63, 3.8) is 0 Å². The van der Waals surface area contributed by atoms with Crippen molar-refractivity contribution in [3.05, 3.63) is 71.2 Å². The van der Waals surface area contributed by atoms with Crippen molar-refractivity contribution in [1.82, 2.24) is 9.78 Å². The van der Waals surface area contributed by atoms with Crippen molar-refractivity contribution in [2.24, 2.45) is 5.92 Å². The zero-order valence-corrected chi connectivity index (χ0v) is 17.8. The van der Waals surface area contributed by atoms with Gasteiger partial charge in [0, 0.05) is 24.5 Å². The van der Waals surface area contributed by atoms with Gasteiger partial charge >= 0.3 is 0 Å². The third-order valence-electron chi connectivity index (χ3n) is 6.03. The summed E-state index contributed by atoms with van der Waals surface area (Å²) in [7, 11) is 0. The number of allylic oxidation sites excluding steroid dienone is 1. The first-order valence-electron chi connectivity index (χ1n) is 11.0. The third kappa shape index (κ3) is 4.53. The highest BCUT2D eigenvalue weighted by Gasteiger charge is 2.17. The monoisotopic (exact) mass is 404 g/mol. The molecule has 1 aliphatic carbocycles. The summed E-state index contributed by atoms with van der Waals surface area (Å²) in [5.74, 6) is 0.637. The molecule has 1 aromatic heterocycles. The van der Waals surface area contributed by atoms with Crippen LogP contribution in [0.5, 0.6) is 0 Å². The van der Waals surface area contributed by atoms with Gasteiger partial charge < -0.3 is 4.79 Å². The summed E-state index contributed by atoms with van der Waals surface area (Å²) in [6, 6.07) is 11.4. The quantitative estimate of drug-likeness (QED) is 0.417. The van der Waals surface area contributed by atoms with Crippen LogP contribution in [-0.2, 0) is 17.8 Å². The lowest BCUT2D eigenvalue weighted by Crippen LogP contribution is -2.11. The summed E-state index contributed by atoms with van der Waals surface area (Å²) in [5.41, 5.74) is 5.44. The molecular weight excluding hydrogens is 375 g/mol. The van der Waals surface area contributed by atoms with Gasteiger partial charge in [0.2, 0.25) is 0 Å². The Morgan fingerprint density at radius 3 is 2.87 bits per heavy atom. The number of hydrogen-bond donors (Lipinski definition) is 0. The van der Waals surface area contributed by atoms with Crippen molar-refractivity contribution in [1.29, 1.82) is 0 Å². The lowest BCUT2D eigenvalue weighted by atomic mass is 9.96. The van der Waals surface area contributed by atoms with E-state index in [2.05, 4.69) is 42.1 Å². The molecule has 0 bridgehead atoms. The lowest BCUT2D eigenvalue weighted by Gasteiger charge is -2.15. The summed E-state index contributed by atoms with van der Waals surface area (Å²) >= 11 is 0. The fourth-order valence-corrected chi connectivity index (χ4v) is 4.56. The Morgan fingerprint density at radius 2 is 2.07 bits per heavy atom. The van der Waals surface area contributed by atoms with E-state index in [1.807, 2.05) is 6.07 Å². The Morgan fingerprint density at radius 1 is 1.20 bits per heavy atom. The van der Waals surface area contributed by atoms with E-state index in [-0.39, 0.29) is 11.6 Å². The molecule has 0 saturated carbocycles. The Kier molecular flexibility index (Phi) is 6.12. The number of aromatic nitrogens is 2. The number of fused-ring (bicyclic) bond motifs is 2. The number of carbonyl (C=O) groups is 1. The number of nitrogens with zero attached hydrogens (tertiary/aromatic N) is 2. The first-order chi connectivity index (χ1) is 14.5. The summed E-state index contributed by atoms with van der Waals surface area (Å²) in [6.07, 6.45) is 10.1. The Hall–Kier alpha value is -2.75. The fraction of sp³-hybridized carbons (Fsp3) is 0.385. The van der Waals surface area contributed by atoms with Crippen LogP contribution in [0.25, 0.3) is 16.5 Å². The molecular formula is C26H29FN2O.